The molecule has 0 aliphatic heterocycles. The molecule has 1 nitrogen and oxygen atoms in total. The van der Waals surface area contributed by atoms with E-state index in [1.807, 2.05) is 0 Å². The fourth-order valence-electron chi connectivity index (χ4n) is 0.846. The zero-order valence-electron chi connectivity index (χ0n) is 7.56. The summed E-state index contributed by atoms with van der Waals surface area (Å²) in [6, 6.07) is 0. The Morgan fingerprint density at radius 3 is 1.67 bits per heavy atom. The molecule has 2 atom stereocenters. The summed E-state index contributed by atoms with van der Waals surface area (Å²) in [6.07, 6.45) is 1.59. The Morgan fingerprint density at radius 2 is 1.42 bits per heavy atom. The molecule has 0 aliphatic carbocycles. The second-order valence-corrected chi connectivity index (χ2v) is 4.41. The molecule has 0 amide bonds. The van der Waals surface area contributed by atoms with Crippen molar-refractivity contribution >= 4 is 11.2 Å². The largest absolute Gasteiger partial charge is 0.612 e. The van der Waals surface area contributed by atoms with Crippen molar-refractivity contribution in [1.29, 1.82) is 0 Å². The lowest BCUT2D eigenvalue weighted by molar-refractivity contribution is 0.349. The van der Waals surface area contributed by atoms with Crippen molar-refractivity contribution in [2.45, 2.75) is 50.5 Å². The van der Waals surface area contributed by atoms with Crippen LogP contribution in [-0.2, 0) is 11.2 Å². The van der Waals surface area contributed by atoms with E-state index in [1.165, 1.54) is 0 Å². The Hall–Kier alpha value is 0.170. The minimum absolute atomic E-state index is 0.191. The van der Waals surface area contributed by atoms with Gasteiger partial charge in [-0.3, -0.25) is 0 Å². The third kappa shape index (κ3) is 4.26. The van der Waals surface area contributed by atoms with Crippen LogP contribution in [0.2, 0.25) is 0 Å². The fraction of sp³-hybridized carbons (Fsp3) is 1.00. The molecule has 0 saturated carbocycles. The quantitative estimate of drug-likeness (QED) is 0.602. The van der Waals surface area contributed by atoms with Gasteiger partial charge in [0.1, 0.15) is 0 Å². The summed E-state index contributed by atoms with van der Waals surface area (Å²) >= 11 is -1.94. The highest BCUT2D eigenvalue weighted by Gasteiger charge is 2.29. The summed E-state index contributed by atoms with van der Waals surface area (Å²) in [7, 11) is 0. The third-order valence-corrected chi connectivity index (χ3v) is 3.02. The van der Waals surface area contributed by atoms with Crippen molar-refractivity contribution < 1.29 is 13.3 Å². The van der Waals surface area contributed by atoms with Gasteiger partial charge in [-0.2, -0.15) is 8.78 Å². The van der Waals surface area contributed by atoms with Gasteiger partial charge in [0.2, 0.25) is 0 Å². The van der Waals surface area contributed by atoms with Gasteiger partial charge in [0.25, 0.3) is 11.0 Å². The molecule has 74 valence electrons. The van der Waals surface area contributed by atoms with Gasteiger partial charge in [-0.25, -0.2) is 0 Å². The Morgan fingerprint density at radius 1 is 1.08 bits per heavy atom. The Balaban J connectivity index is 3.73. The van der Waals surface area contributed by atoms with E-state index in [1.54, 1.807) is 13.8 Å². The second kappa shape index (κ2) is 6.66. The highest BCUT2D eigenvalue weighted by atomic mass is 32.2. The van der Waals surface area contributed by atoms with Gasteiger partial charge < -0.3 is 4.55 Å². The smallest absolute Gasteiger partial charge is 0.255 e. The average molecular weight is 198 g/mol. The van der Waals surface area contributed by atoms with Crippen molar-refractivity contribution in [2.75, 3.05) is 0 Å². The monoisotopic (exact) mass is 198 g/mol. The lowest BCUT2D eigenvalue weighted by Crippen LogP contribution is -2.26. The van der Waals surface area contributed by atoms with Crippen LogP contribution in [-0.4, -0.2) is 15.6 Å². The SMILES string of the molecule is CCCC(F)[S+]([O-])C(F)CCC. The first-order chi connectivity index (χ1) is 5.63. The standard InChI is InChI=1S/C8H16F2OS/c1-3-5-7(9)12(11)8(10)6-4-2/h7-8H,3-6H2,1-2H3. The highest BCUT2D eigenvalue weighted by molar-refractivity contribution is 7.92. The predicted molar refractivity (Wildman–Crippen MR) is 47.8 cm³/mol. The molecule has 4 heteroatoms. The molecule has 0 aromatic rings. The van der Waals surface area contributed by atoms with E-state index in [0.717, 1.165) is 0 Å². The predicted octanol–water partition coefficient (Wildman–Crippen LogP) is 2.93. The Labute approximate surface area is 75.7 Å². The van der Waals surface area contributed by atoms with Crippen LogP contribution in [0, 0.1) is 0 Å². The normalized spacial score (nSPS) is 18.8. The summed E-state index contributed by atoms with van der Waals surface area (Å²) in [5.74, 6) is 0. The van der Waals surface area contributed by atoms with E-state index >= 15 is 0 Å². The number of hydrogen-bond donors (Lipinski definition) is 0. The topological polar surface area (TPSA) is 23.1 Å². The molecule has 0 aromatic heterocycles. The van der Waals surface area contributed by atoms with Crippen LogP contribution in [0.1, 0.15) is 39.5 Å². The van der Waals surface area contributed by atoms with Gasteiger partial charge in [-0.15, -0.1) is 0 Å². The van der Waals surface area contributed by atoms with E-state index in [9.17, 15) is 13.3 Å². The van der Waals surface area contributed by atoms with E-state index < -0.39 is 22.2 Å². The fourth-order valence-corrected chi connectivity index (χ4v) is 2.10. The second-order valence-electron chi connectivity index (χ2n) is 2.73. The molecule has 0 fully saturated rings. The number of alkyl halides is 2. The minimum Gasteiger partial charge on any atom is -0.612 e. The van der Waals surface area contributed by atoms with Gasteiger partial charge in [-0.1, -0.05) is 13.8 Å². The maximum atomic E-state index is 12.8. The molecule has 0 radical (unpaired) electrons. The van der Waals surface area contributed by atoms with E-state index in [4.69, 9.17) is 0 Å². The van der Waals surface area contributed by atoms with Crippen molar-refractivity contribution in [2.24, 2.45) is 0 Å². The van der Waals surface area contributed by atoms with E-state index in [-0.39, 0.29) is 12.8 Å². The van der Waals surface area contributed by atoms with Gasteiger partial charge in [0, 0.05) is 24.0 Å². The van der Waals surface area contributed by atoms with Crippen molar-refractivity contribution in [3.63, 3.8) is 0 Å². The molecule has 12 heavy (non-hydrogen) atoms. The van der Waals surface area contributed by atoms with Gasteiger partial charge >= 0.3 is 0 Å². The van der Waals surface area contributed by atoms with Crippen molar-refractivity contribution in [1.82, 2.24) is 0 Å². The van der Waals surface area contributed by atoms with Crippen LogP contribution in [0.15, 0.2) is 0 Å². The summed E-state index contributed by atoms with van der Waals surface area (Å²) in [5.41, 5.74) is -2.98. The lowest BCUT2D eigenvalue weighted by Gasteiger charge is -2.17. The molecule has 0 aliphatic rings. The van der Waals surface area contributed by atoms with E-state index in [0.29, 0.717) is 12.8 Å². The Kier molecular flexibility index (Phi) is 6.76. The van der Waals surface area contributed by atoms with Crippen molar-refractivity contribution in [3.05, 3.63) is 0 Å². The van der Waals surface area contributed by atoms with Gasteiger partial charge in [0.05, 0.1) is 0 Å². The molecular formula is C8H16F2OS. The first-order valence-electron chi connectivity index (χ1n) is 4.31. The summed E-state index contributed by atoms with van der Waals surface area (Å²) in [5, 5.41) is 0. The first-order valence-corrected chi connectivity index (χ1v) is 5.58. The maximum Gasteiger partial charge on any atom is 0.255 e. The number of rotatable bonds is 6. The molecule has 0 spiro atoms. The van der Waals surface area contributed by atoms with Crippen LogP contribution in [0.25, 0.3) is 0 Å². The van der Waals surface area contributed by atoms with Crippen LogP contribution in [0.4, 0.5) is 8.78 Å². The van der Waals surface area contributed by atoms with Crippen molar-refractivity contribution in [3.8, 4) is 0 Å². The minimum atomic E-state index is -1.94. The van der Waals surface area contributed by atoms with Crippen LogP contribution in [0.3, 0.4) is 0 Å². The number of halogens is 2. The molecule has 0 rings (SSSR count). The highest BCUT2D eigenvalue weighted by Crippen LogP contribution is 2.20. The Bertz CT molecular complexity index is 101. The van der Waals surface area contributed by atoms with Gasteiger partial charge in [0.15, 0.2) is 0 Å². The molecular weight excluding hydrogens is 182 g/mol. The summed E-state index contributed by atoms with van der Waals surface area (Å²) in [4.78, 5) is 0. The molecule has 0 heterocycles. The average Bonchev–Trinajstić information content (AvgIpc) is 2.04. The zero-order chi connectivity index (χ0) is 9.56. The van der Waals surface area contributed by atoms with Gasteiger partial charge in [-0.05, 0) is 12.8 Å². The number of hydrogen-bond acceptors (Lipinski definition) is 1. The molecule has 0 N–H and O–H groups in total. The zero-order valence-corrected chi connectivity index (χ0v) is 8.37. The molecule has 0 saturated heterocycles. The third-order valence-electron chi connectivity index (χ3n) is 1.54. The first kappa shape index (κ1) is 12.2. The van der Waals surface area contributed by atoms with E-state index in [2.05, 4.69) is 0 Å². The summed E-state index contributed by atoms with van der Waals surface area (Å²) in [6.45, 7) is 3.58. The lowest BCUT2D eigenvalue weighted by atomic mass is 10.4. The molecule has 0 aromatic carbocycles. The van der Waals surface area contributed by atoms with Crippen LogP contribution >= 0.6 is 0 Å². The summed E-state index contributed by atoms with van der Waals surface area (Å²) < 4.78 is 36.6. The molecule has 2 unspecified atom stereocenters. The van der Waals surface area contributed by atoms with Crippen LogP contribution in [0.5, 0.6) is 0 Å². The van der Waals surface area contributed by atoms with Crippen LogP contribution < -0.4 is 0 Å². The molecule has 0 bridgehead atoms. The maximum absolute atomic E-state index is 12.8.